The number of hydrogen-bond acceptors (Lipinski definition) is 6. The summed E-state index contributed by atoms with van der Waals surface area (Å²) in [5, 5.41) is 14.2. The molecule has 0 aliphatic heterocycles. The van der Waals surface area contributed by atoms with Crippen molar-refractivity contribution in [3.05, 3.63) is 61.2 Å². The summed E-state index contributed by atoms with van der Waals surface area (Å²) in [6, 6.07) is 9.24. The number of aliphatic hydroxyl groups excluding tert-OH is 1. The van der Waals surface area contributed by atoms with Gasteiger partial charge in [0.2, 0.25) is 11.8 Å². The maximum Gasteiger partial charge on any atom is 0.306 e. The summed E-state index contributed by atoms with van der Waals surface area (Å²) in [7, 11) is 0. The summed E-state index contributed by atoms with van der Waals surface area (Å²) in [6.45, 7) is 8.16. The summed E-state index contributed by atoms with van der Waals surface area (Å²) < 4.78 is 10.8. The van der Waals surface area contributed by atoms with E-state index in [-0.39, 0.29) is 50.6 Å². The predicted molar refractivity (Wildman–Crippen MR) is 131 cm³/mol. The second kappa shape index (κ2) is 18.5. The third kappa shape index (κ3) is 12.9. The summed E-state index contributed by atoms with van der Waals surface area (Å²) >= 11 is 0. The summed E-state index contributed by atoms with van der Waals surface area (Å²) in [6.07, 6.45) is 5.84. The van der Waals surface area contributed by atoms with Crippen LogP contribution in [0.3, 0.4) is 0 Å². The van der Waals surface area contributed by atoms with Crippen molar-refractivity contribution in [3.63, 3.8) is 0 Å². The number of rotatable bonds is 19. The van der Waals surface area contributed by atoms with Crippen LogP contribution in [0.2, 0.25) is 0 Å². The Balaban J connectivity index is 2.64. The van der Waals surface area contributed by atoms with E-state index >= 15 is 0 Å². The van der Waals surface area contributed by atoms with E-state index in [4.69, 9.17) is 14.6 Å². The fraction of sp³-hybridized carbons (Fsp3) is 0.500. The van der Waals surface area contributed by atoms with Gasteiger partial charge in [0.25, 0.3) is 0 Å². The molecule has 0 bridgehead atoms. The molecule has 2 amide bonds. The first kappa shape index (κ1) is 29.1. The van der Waals surface area contributed by atoms with Crippen LogP contribution in [-0.2, 0) is 23.9 Å². The number of ether oxygens (including phenoxy) is 2. The van der Waals surface area contributed by atoms with Gasteiger partial charge in [-0.2, -0.15) is 0 Å². The fourth-order valence-corrected chi connectivity index (χ4v) is 3.22. The van der Waals surface area contributed by atoms with E-state index in [9.17, 15) is 14.4 Å². The second-order valence-electron chi connectivity index (χ2n) is 7.78. The lowest BCUT2D eigenvalue weighted by Gasteiger charge is -2.21. The molecule has 34 heavy (non-hydrogen) atoms. The lowest BCUT2D eigenvalue weighted by molar-refractivity contribution is -0.150. The second-order valence-corrected chi connectivity index (χ2v) is 7.78. The maximum absolute atomic E-state index is 12.8. The number of aliphatic hydroxyl groups is 1. The minimum Gasteiger partial charge on any atom is -0.456 e. The Morgan fingerprint density at radius 1 is 1.03 bits per heavy atom. The zero-order valence-corrected chi connectivity index (χ0v) is 19.9. The molecule has 3 N–H and O–H groups in total. The molecule has 2 atom stereocenters. The van der Waals surface area contributed by atoms with Crippen LogP contribution in [0.1, 0.15) is 50.2 Å². The van der Waals surface area contributed by atoms with Gasteiger partial charge in [0, 0.05) is 19.4 Å². The molecule has 8 heteroatoms. The summed E-state index contributed by atoms with van der Waals surface area (Å²) in [5.74, 6) is -1.51. The van der Waals surface area contributed by atoms with Crippen LogP contribution >= 0.6 is 0 Å². The largest absolute Gasteiger partial charge is 0.456 e. The van der Waals surface area contributed by atoms with E-state index in [1.165, 1.54) is 0 Å². The Kier molecular flexibility index (Phi) is 15.8. The highest BCUT2D eigenvalue weighted by Gasteiger charge is 2.23. The minimum atomic E-state index is -0.626. The number of allylic oxidation sites excluding steroid dienone is 2. The molecule has 0 saturated heterocycles. The van der Waals surface area contributed by atoms with E-state index in [1.807, 2.05) is 36.4 Å². The van der Waals surface area contributed by atoms with Gasteiger partial charge < -0.3 is 25.2 Å². The van der Waals surface area contributed by atoms with Crippen molar-refractivity contribution in [1.29, 1.82) is 0 Å². The van der Waals surface area contributed by atoms with Gasteiger partial charge in [-0.25, -0.2) is 0 Å². The van der Waals surface area contributed by atoms with E-state index in [1.54, 1.807) is 6.08 Å². The third-order valence-electron chi connectivity index (χ3n) is 5.00. The van der Waals surface area contributed by atoms with Gasteiger partial charge in [-0.3, -0.25) is 14.4 Å². The molecule has 8 nitrogen and oxygen atoms in total. The minimum absolute atomic E-state index is 0.00303. The Hall–Kier alpha value is -2.97. The molecule has 0 aromatic heterocycles. The predicted octanol–water partition coefficient (Wildman–Crippen LogP) is 2.84. The highest BCUT2D eigenvalue weighted by molar-refractivity contribution is 5.86. The van der Waals surface area contributed by atoms with Crippen molar-refractivity contribution in [1.82, 2.24) is 10.6 Å². The van der Waals surface area contributed by atoms with Crippen molar-refractivity contribution in [2.45, 2.75) is 44.6 Å². The molecule has 1 aromatic rings. The van der Waals surface area contributed by atoms with E-state index in [0.717, 1.165) is 18.4 Å². The fourth-order valence-electron chi connectivity index (χ4n) is 3.22. The number of esters is 1. The third-order valence-corrected chi connectivity index (χ3v) is 5.00. The standard InChI is InChI=1S/C26H38N2O6/c1-3-5-6-10-14-25(31)34-23(21-12-8-7-9-13-21)20-28-26(32)22(11-4-2)19-24(30)27-15-17-33-18-16-29/h3-4,7-9,12-13,22-23,29H,1-2,5-6,10-11,14-20H2,(H,27,30)(H,28,32)/t22-,23+/m1/s1. The first-order chi connectivity index (χ1) is 16.5. The number of carbonyl (C=O) groups is 3. The molecular formula is C26H38N2O6. The molecule has 1 aromatic carbocycles. The molecule has 0 heterocycles. The normalized spacial score (nSPS) is 12.3. The van der Waals surface area contributed by atoms with Crippen LogP contribution in [0.15, 0.2) is 55.6 Å². The van der Waals surface area contributed by atoms with Crippen molar-refractivity contribution in [2.75, 3.05) is 32.9 Å². The van der Waals surface area contributed by atoms with Gasteiger partial charge in [0.15, 0.2) is 0 Å². The molecular weight excluding hydrogens is 436 g/mol. The Bertz CT molecular complexity index is 753. The maximum atomic E-state index is 12.8. The van der Waals surface area contributed by atoms with E-state index < -0.39 is 12.0 Å². The Morgan fingerprint density at radius 3 is 2.47 bits per heavy atom. The van der Waals surface area contributed by atoms with Gasteiger partial charge in [-0.1, -0.05) is 42.5 Å². The first-order valence-electron chi connectivity index (χ1n) is 11.7. The Morgan fingerprint density at radius 2 is 1.79 bits per heavy atom. The quantitative estimate of drug-likeness (QED) is 0.161. The smallest absolute Gasteiger partial charge is 0.306 e. The van der Waals surface area contributed by atoms with Gasteiger partial charge in [-0.05, 0) is 31.2 Å². The van der Waals surface area contributed by atoms with Gasteiger partial charge in [0.05, 0.1) is 32.3 Å². The van der Waals surface area contributed by atoms with Crippen molar-refractivity contribution in [3.8, 4) is 0 Å². The Labute approximate surface area is 202 Å². The van der Waals surface area contributed by atoms with Gasteiger partial charge in [0.1, 0.15) is 6.10 Å². The number of carbonyl (C=O) groups excluding carboxylic acids is 3. The van der Waals surface area contributed by atoms with E-state index in [2.05, 4.69) is 23.8 Å². The van der Waals surface area contributed by atoms with Crippen LogP contribution in [0.5, 0.6) is 0 Å². The molecule has 0 unspecified atom stereocenters. The topological polar surface area (TPSA) is 114 Å². The first-order valence-corrected chi connectivity index (χ1v) is 11.7. The molecule has 0 saturated carbocycles. The summed E-state index contributed by atoms with van der Waals surface area (Å²) in [5.41, 5.74) is 0.781. The molecule has 0 spiro atoms. The number of nitrogens with one attached hydrogen (secondary N) is 2. The van der Waals surface area contributed by atoms with Crippen LogP contribution in [0.25, 0.3) is 0 Å². The average molecular weight is 475 g/mol. The average Bonchev–Trinajstić information content (AvgIpc) is 2.84. The number of amides is 2. The highest BCUT2D eigenvalue weighted by atomic mass is 16.5. The van der Waals surface area contributed by atoms with Crippen LogP contribution in [-0.4, -0.2) is 55.8 Å². The molecule has 0 fully saturated rings. The monoisotopic (exact) mass is 474 g/mol. The highest BCUT2D eigenvalue weighted by Crippen LogP contribution is 2.19. The summed E-state index contributed by atoms with van der Waals surface area (Å²) in [4.78, 5) is 37.4. The molecule has 0 radical (unpaired) electrons. The number of benzene rings is 1. The van der Waals surface area contributed by atoms with E-state index in [0.29, 0.717) is 25.8 Å². The van der Waals surface area contributed by atoms with Gasteiger partial charge in [-0.15, -0.1) is 13.2 Å². The molecule has 0 aliphatic carbocycles. The lowest BCUT2D eigenvalue weighted by Crippen LogP contribution is -2.38. The van der Waals surface area contributed by atoms with Crippen molar-refractivity contribution >= 4 is 17.8 Å². The van der Waals surface area contributed by atoms with Crippen molar-refractivity contribution < 1.29 is 29.0 Å². The van der Waals surface area contributed by atoms with Gasteiger partial charge >= 0.3 is 5.97 Å². The number of hydrogen-bond donors (Lipinski definition) is 3. The van der Waals surface area contributed by atoms with Crippen LogP contribution in [0.4, 0.5) is 0 Å². The molecule has 188 valence electrons. The lowest BCUT2D eigenvalue weighted by atomic mass is 9.99. The van der Waals surface area contributed by atoms with Crippen LogP contribution < -0.4 is 10.6 Å². The SMILES string of the molecule is C=CCCCCC(=O)O[C@@H](CNC(=O)[C@H](CC=C)CC(=O)NCCOCCO)c1ccccc1. The zero-order valence-electron chi connectivity index (χ0n) is 19.9. The zero-order chi connectivity index (χ0) is 25.0. The van der Waals surface area contributed by atoms with Crippen LogP contribution in [0, 0.1) is 5.92 Å². The molecule has 0 aliphatic rings. The number of unbranched alkanes of at least 4 members (excludes halogenated alkanes) is 2. The molecule has 1 rings (SSSR count). The van der Waals surface area contributed by atoms with Crippen molar-refractivity contribution in [2.24, 2.45) is 5.92 Å².